The molecule has 1 aliphatic heterocycles. The van der Waals surface area contributed by atoms with E-state index in [4.69, 9.17) is 14.2 Å². The number of amides is 1. The molecule has 1 N–H and O–H groups in total. The van der Waals surface area contributed by atoms with Crippen LogP contribution in [0.3, 0.4) is 0 Å². The molecule has 9 heteroatoms. The lowest BCUT2D eigenvalue weighted by molar-refractivity contribution is -0.150. The second-order valence-corrected chi connectivity index (χ2v) is 8.30. The first-order valence-corrected chi connectivity index (χ1v) is 10.1. The molecule has 0 spiro atoms. The zero-order valence-electron chi connectivity index (χ0n) is 17.7. The van der Waals surface area contributed by atoms with E-state index in [-0.39, 0.29) is 37.4 Å². The maximum Gasteiger partial charge on any atom is 0.408 e. The van der Waals surface area contributed by atoms with Gasteiger partial charge in [0.2, 0.25) is 5.90 Å². The summed E-state index contributed by atoms with van der Waals surface area (Å²) in [6.45, 7) is 5.28. The van der Waals surface area contributed by atoms with Crippen molar-refractivity contribution in [3.05, 3.63) is 0 Å². The zero-order chi connectivity index (χ0) is 21.4. The highest BCUT2D eigenvalue weighted by molar-refractivity contribution is 5.91. The van der Waals surface area contributed by atoms with Crippen molar-refractivity contribution in [1.82, 2.24) is 5.32 Å². The second-order valence-electron chi connectivity index (χ2n) is 8.30. The van der Waals surface area contributed by atoms with Crippen molar-refractivity contribution in [1.29, 1.82) is 0 Å². The quantitative estimate of drug-likeness (QED) is 0.505. The van der Waals surface area contributed by atoms with E-state index in [1.807, 2.05) is 0 Å². The molecule has 1 fully saturated rings. The average molecular weight is 412 g/mol. The third-order valence-corrected chi connectivity index (χ3v) is 4.62. The number of carbonyl (C=O) groups is 3. The first-order chi connectivity index (χ1) is 13.7. The van der Waals surface area contributed by atoms with Crippen molar-refractivity contribution in [2.75, 3.05) is 13.7 Å². The average Bonchev–Trinajstić information content (AvgIpc) is 3.14. The van der Waals surface area contributed by atoms with E-state index in [2.05, 4.69) is 15.0 Å². The Kier molecular flexibility index (Phi) is 8.28. The molecule has 0 aromatic heterocycles. The fourth-order valence-electron chi connectivity index (χ4n) is 3.24. The van der Waals surface area contributed by atoms with E-state index in [0.717, 1.165) is 25.7 Å². The SMILES string of the molecule is COC(=O)C1COC([C@H](CCC(=O)OC2CCCCC2)NC(=O)OC(C)(C)C)=N1. The third-order valence-electron chi connectivity index (χ3n) is 4.62. The first-order valence-electron chi connectivity index (χ1n) is 10.1. The minimum absolute atomic E-state index is 0.0288. The molecule has 1 unspecified atom stereocenters. The van der Waals surface area contributed by atoms with Crippen LogP contribution in [0.1, 0.15) is 65.7 Å². The van der Waals surface area contributed by atoms with Crippen molar-refractivity contribution in [2.45, 2.75) is 89.5 Å². The molecule has 29 heavy (non-hydrogen) atoms. The number of aliphatic imine (C=N–C) groups is 1. The van der Waals surface area contributed by atoms with Gasteiger partial charge in [-0.15, -0.1) is 0 Å². The number of nitrogens with zero attached hydrogens (tertiary/aromatic N) is 1. The number of hydrogen-bond acceptors (Lipinski definition) is 8. The van der Waals surface area contributed by atoms with Crippen molar-refractivity contribution in [2.24, 2.45) is 4.99 Å². The summed E-state index contributed by atoms with van der Waals surface area (Å²) in [6.07, 6.45) is 4.71. The highest BCUT2D eigenvalue weighted by Gasteiger charge is 2.33. The molecule has 0 saturated heterocycles. The summed E-state index contributed by atoms with van der Waals surface area (Å²) < 4.78 is 21.0. The van der Waals surface area contributed by atoms with Crippen molar-refractivity contribution in [3.63, 3.8) is 0 Å². The number of alkyl carbamates (subject to hydrolysis) is 1. The smallest absolute Gasteiger partial charge is 0.408 e. The lowest BCUT2D eigenvalue weighted by atomic mass is 9.98. The van der Waals surface area contributed by atoms with Gasteiger partial charge in [-0.3, -0.25) is 4.79 Å². The van der Waals surface area contributed by atoms with Crippen LogP contribution < -0.4 is 5.32 Å². The molecule has 0 aromatic rings. The van der Waals surface area contributed by atoms with Crippen LogP contribution in [0.15, 0.2) is 4.99 Å². The second kappa shape index (κ2) is 10.5. The molecule has 1 saturated carbocycles. The number of methoxy groups -OCH3 is 1. The summed E-state index contributed by atoms with van der Waals surface area (Å²) in [7, 11) is 1.27. The van der Waals surface area contributed by atoms with Gasteiger partial charge < -0.3 is 24.3 Å². The lowest BCUT2D eigenvalue weighted by Gasteiger charge is -2.24. The molecule has 0 bridgehead atoms. The van der Waals surface area contributed by atoms with E-state index in [1.165, 1.54) is 13.5 Å². The summed E-state index contributed by atoms with van der Waals surface area (Å²) in [6, 6.07) is -1.49. The molecular formula is C20H32N2O7. The Morgan fingerprint density at radius 3 is 2.52 bits per heavy atom. The summed E-state index contributed by atoms with van der Waals surface area (Å²) in [5.74, 6) is -0.666. The molecule has 1 amide bonds. The van der Waals surface area contributed by atoms with E-state index in [9.17, 15) is 14.4 Å². The summed E-state index contributed by atoms with van der Waals surface area (Å²) in [4.78, 5) is 40.3. The molecule has 0 aromatic carbocycles. The van der Waals surface area contributed by atoms with Gasteiger partial charge in [-0.2, -0.15) is 0 Å². The number of hydrogen-bond donors (Lipinski definition) is 1. The topological polar surface area (TPSA) is 113 Å². The van der Waals surface area contributed by atoms with Gasteiger partial charge in [0.1, 0.15) is 24.4 Å². The van der Waals surface area contributed by atoms with Crippen molar-refractivity contribution < 1.29 is 33.3 Å². The van der Waals surface area contributed by atoms with Crippen molar-refractivity contribution in [3.8, 4) is 0 Å². The molecule has 2 rings (SSSR count). The number of nitrogens with one attached hydrogen (secondary N) is 1. The molecule has 164 valence electrons. The lowest BCUT2D eigenvalue weighted by Crippen LogP contribution is -2.44. The minimum atomic E-state index is -0.785. The highest BCUT2D eigenvalue weighted by Crippen LogP contribution is 2.21. The number of esters is 2. The normalized spacial score (nSPS) is 20.8. The van der Waals surface area contributed by atoms with Crippen LogP contribution in [0.2, 0.25) is 0 Å². The van der Waals surface area contributed by atoms with Crippen LogP contribution in [0, 0.1) is 0 Å². The van der Waals surface area contributed by atoms with Gasteiger partial charge >= 0.3 is 18.0 Å². The van der Waals surface area contributed by atoms with E-state index in [1.54, 1.807) is 20.8 Å². The zero-order valence-corrected chi connectivity index (χ0v) is 17.7. The number of rotatable bonds is 7. The predicted molar refractivity (Wildman–Crippen MR) is 105 cm³/mol. The Morgan fingerprint density at radius 2 is 1.90 bits per heavy atom. The largest absolute Gasteiger partial charge is 0.477 e. The van der Waals surface area contributed by atoms with E-state index < -0.39 is 29.7 Å². The van der Waals surface area contributed by atoms with Gasteiger partial charge in [0, 0.05) is 6.42 Å². The van der Waals surface area contributed by atoms with Crippen LogP contribution in [-0.2, 0) is 28.5 Å². The van der Waals surface area contributed by atoms with Crippen LogP contribution in [-0.4, -0.2) is 61.4 Å². The van der Waals surface area contributed by atoms with Gasteiger partial charge in [-0.1, -0.05) is 6.42 Å². The van der Waals surface area contributed by atoms with Gasteiger partial charge in [0.05, 0.1) is 7.11 Å². The monoisotopic (exact) mass is 412 g/mol. The standard InChI is InChI=1S/C20H32N2O7/c1-20(2,3)29-19(25)22-14(17-21-15(12-27-17)18(24)26-4)10-11-16(23)28-13-8-6-5-7-9-13/h13-15H,5-12H2,1-4H3,(H,22,25)/t14-,15?/m0/s1. The summed E-state index contributed by atoms with van der Waals surface area (Å²) in [5.41, 5.74) is -0.679. The van der Waals surface area contributed by atoms with Crippen LogP contribution in [0.5, 0.6) is 0 Å². The molecule has 2 aliphatic rings. The maximum absolute atomic E-state index is 12.2. The Morgan fingerprint density at radius 1 is 1.21 bits per heavy atom. The Balaban J connectivity index is 1.97. The molecule has 2 atom stereocenters. The third kappa shape index (κ3) is 7.91. The fraction of sp³-hybridized carbons (Fsp3) is 0.800. The Hall–Kier alpha value is -2.32. The highest BCUT2D eigenvalue weighted by atomic mass is 16.6. The fourth-order valence-corrected chi connectivity index (χ4v) is 3.24. The predicted octanol–water partition coefficient (Wildman–Crippen LogP) is 2.51. The summed E-state index contributed by atoms with van der Waals surface area (Å²) in [5, 5.41) is 2.68. The van der Waals surface area contributed by atoms with Crippen molar-refractivity contribution >= 4 is 23.9 Å². The van der Waals surface area contributed by atoms with Crippen LogP contribution in [0.4, 0.5) is 4.79 Å². The van der Waals surface area contributed by atoms with E-state index >= 15 is 0 Å². The number of carbonyl (C=O) groups excluding carboxylic acids is 3. The molecule has 0 radical (unpaired) electrons. The van der Waals surface area contributed by atoms with Gasteiger partial charge in [0.25, 0.3) is 0 Å². The maximum atomic E-state index is 12.2. The molecular weight excluding hydrogens is 380 g/mol. The molecule has 9 nitrogen and oxygen atoms in total. The molecule has 1 heterocycles. The minimum Gasteiger partial charge on any atom is -0.477 e. The Bertz CT molecular complexity index is 621. The van der Waals surface area contributed by atoms with Crippen LogP contribution >= 0.6 is 0 Å². The first kappa shape index (κ1) is 23.0. The summed E-state index contributed by atoms with van der Waals surface area (Å²) >= 11 is 0. The van der Waals surface area contributed by atoms with Gasteiger partial charge in [0.15, 0.2) is 6.04 Å². The van der Waals surface area contributed by atoms with E-state index in [0.29, 0.717) is 0 Å². The van der Waals surface area contributed by atoms with Crippen LogP contribution in [0.25, 0.3) is 0 Å². The Labute approximate surface area is 171 Å². The number of ether oxygens (including phenoxy) is 4. The van der Waals surface area contributed by atoms with Gasteiger partial charge in [-0.25, -0.2) is 14.6 Å². The van der Waals surface area contributed by atoms with Gasteiger partial charge in [-0.05, 0) is 52.9 Å². The molecule has 1 aliphatic carbocycles.